The number of unbranched alkanes of at least 4 members (excludes halogenated alkanes) is 1. The molecule has 0 saturated carbocycles. The number of rotatable bonds is 7. The number of ether oxygens (including phenoxy) is 1. The minimum absolute atomic E-state index is 0.475. The lowest BCUT2D eigenvalue weighted by Crippen LogP contribution is -2.09. The van der Waals surface area contributed by atoms with Gasteiger partial charge < -0.3 is 15.0 Å². The van der Waals surface area contributed by atoms with Crippen LogP contribution in [0.4, 0.5) is 0 Å². The number of aryl methyl sites for hydroxylation is 3. The number of imidazole rings is 1. The summed E-state index contributed by atoms with van der Waals surface area (Å²) in [6.45, 7) is 6.27. The molecule has 1 heterocycles. The highest BCUT2D eigenvalue weighted by Gasteiger charge is 2.12. The minimum Gasteiger partial charge on any atom is -0.485 e. The van der Waals surface area contributed by atoms with Gasteiger partial charge in [0.25, 0.3) is 0 Å². The number of nitrogens with two attached hydrogens (primary N) is 1. The molecule has 0 radical (unpaired) electrons. The fraction of sp³-hybridized carbons (Fsp3) is 0.350. The number of para-hydroxylation sites is 3. The van der Waals surface area contributed by atoms with Crippen LogP contribution >= 0.6 is 0 Å². The van der Waals surface area contributed by atoms with E-state index in [2.05, 4.69) is 54.8 Å². The highest BCUT2D eigenvalue weighted by atomic mass is 16.5. The first-order valence-electron chi connectivity index (χ1n) is 8.54. The Hall–Kier alpha value is -2.33. The summed E-state index contributed by atoms with van der Waals surface area (Å²) in [7, 11) is 0. The third kappa shape index (κ3) is 3.44. The second kappa shape index (κ2) is 7.49. The van der Waals surface area contributed by atoms with Gasteiger partial charge in [0.15, 0.2) is 0 Å². The molecular weight excluding hydrogens is 298 g/mol. The second-order valence-corrected chi connectivity index (χ2v) is 6.17. The first-order chi connectivity index (χ1) is 11.7. The second-order valence-electron chi connectivity index (χ2n) is 6.17. The summed E-state index contributed by atoms with van der Waals surface area (Å²) < 4.78 is 8.38. The molecule has 3 rings (SSSR count). The number of benzene rings is 2. The van der Waals surface area contributed by atoms with E-state index in [-0.39, 0.29) is 0 Å². The SMILES string of the molecule is Cc1cccc(C)c1OCc1nc2ccccc2n1CCCCN. The van der Waals surface area contributed by atoms with Gasteiger partial charge in [-0.25, -0.2) is 4.98 Å². The summed E-state index contributed by atoms with van der Waals surface area (Å²) in [5.41, 5.74) is 10.1. The Kier molecular flexibility index (Phi) is 5.16. The molecule has 3 aromatic rings. The van der Waals surface area contributed by atoms with E-state index in [9.17, 15) is 0 Å². The van der Waals surface area contributed by atoms with E-state index in [1.165, 1.54) is 0 Å². The van der Waals surface area contributed by atoms with Crippen LogP contribution in [0.3, 0.4) is 0 Å². The van der Waals surface area contributed by atoms with Crippen LogP contribution in [-0.2, 0) is 13.2 Å². The summed E-state index contributed by atoms with van der Waals surface area (Å²) in [6.07, 6.45) is 2.07. The molecule has 126 valence electrons. The van der Waals surface area contributed by atoms with Crippen LogP contribution in [0.2, 0.25) is 0 Å². The Morgan fingerprint density at radius 3 is 2.50 bits per heavy atom. The molecule has 0 atom stereocenters. The Labute approximate surface area is 143 Å². The predicted molar refractivity (Wildman–Crippen MR) is 98.3 cm³/mol. The van der Waals surface area contributed by atoms with E-state index < -0.39 is 0 Å². The van der Waals surface area contributed by atoms with Crippen molar-refractivity contribution in [2.45, 2.75) is 39.8 Å². The molecule has 0 spiro atoms. The summed E-state index contributed by atoms with van der Waals surface area (Å²) in [5, 5.41) is 0. The number of hydrogen-bond donors (Lipinski definition) is 1. The quantitative estimate of drug-likeness (QED) is 0.669. The Bertz CT molecular complexity index is 803. The molecule has 4 nitrogen and oxygen atoms in total. The normalized spacial score (nSPS) is 11.1. The van der Waals surface area contributed by atoms with Crippen molar-refractivity contribution in [3.8, 4) is 5.75 Å². The van der Waals surface area contributed by atoms with Crippen LogP contribution in [-0.4, -0.2) is 16.1 Å². The van der Waals surface area contributed by atoms with Gasteiger partial charge in [-0.05, 0) is 56.5 Å². The third-order valence-corrected chi connectivity index (χ3v) is 4.32. The van der Waals surface area contributed by atoms with Gasteiger partial charge in [0.05, 0.1) is 11.0 Å². The van der Waals surface area contributed by atoms with Crippen LogP contribution in [0.15, 0.2) is 42.5 Å². The van der Waals surface area contributed by atoms with Gasteiger partial charge >= 0.3 is 0 Å². The van der Waals surface area contributed by atoms with Crippen molar-refractivity contribution in [3.05, 3.63) is 59.4 Å². The molecule has 0 amide bonds. The zero-order valence-corrected chi connectivity index (χ0v) is 14.5. The largest absolute Gasteiger partial charge is 0.485 e. The average Bonchev–Trinajstić information content (AvgIpc) is 2.93. The van der Waals surface area contributed by atoms with Crippen LogP contribution in [0.25, 0.3) is 11.0 Å². The lowest BCUT2D eigenvalue weighted by molar-refractivity contribution is 0.286. The summed E-state index contributed by atoms with van der Waals surface area (Å²) in [5.74, 6) is 1.92. The summed E-state index contributed by atoms with van der Waals surface area (Å²) in [6, 6.07) is 14.5. The van der Waals surface area contributed by atoms with Crippen LogP contribution in [0.1, 0.15) is 29.8 Å². The summed E-state index contributed by atoms with van der Waals surface area (Å²) in [4.78, 5) is 4.77. The van der Waals surface area contributed by atoms with Gasteiger partial charge in [-0.3, -0.25) is 0 Å². The summed E-state index contributed by atoms with van der Waals surface area (Å²) >= 11 is 0. The maximum Gasteiger partial charge on any atom is 0.147 e. The van der Waals surface area contributed by atoms with E-state index in [1.807, 2.05) is 6.07 Å². The van der Waals surface area contributed by atoms with Crippen LogP contribution < -0.4 is 10.5 Å². The number of nitrogens with zero attached hydrogens (tertiary/aromatic N) is 2. The molecule has 2 N–H and O–H groups in total. The monoisotopic (exact) mass is 323 g/mol. The number of fused-ring (bicyclic) bond motifs is 1. The number of aromatic nitrogens is 2. The van der Waals surface area contributed by atoms with Gasteiger partial charge in [-0.2, -0.15) is 0 Å². The van der Waals surface area contributed by atoms with E-state index in [0.29, 0.717) is 6.61 Å². The van der Waals surface area contributed by atoms with E-state index in [4.69, 9.17) is 15.5 Å². The van der Waals surface area contributed by atoms with Crippen LogP contribution in [0.5, 0.6) is 5.75 Å². The molecule has 24 heavy (non-hydrogen) atoms. The van der Waals surface area contributed by atoms with Crippen molar-refractivity contribution in [3.63, 3.8) is 0 Å². The highest BCUT2D eigenvalue weighted by molar-refractivity contribution is 5.75. The van der Waals surface area contributed by atoms with Gasteiger partial charge in [0, 0.05) is 6.54 Å². The van der Waals surface area contributed by atoms with E-state index >= 15 is 0 Å². The number of hydrogen-bond acceptors (Lipinski definition) is 3. The maximum atomic E-state index is 6.12. The molecule has 0 unspecified atom stereocenters. The molecule has 0 aliphatic heterocycles. The van der Waals surface area contributed by atoms with E-state index in [1.54, 1.807) is 0 Å². The van der Waals surface area contributed by atoms with Crippen molar-refractivity contribution in [2.75, 3.05) is 6.54 Å². The highest BCUT2D eigenvalue weighted by Crippen LogP contribution is 2.24. The Balaban J connectivity index is 1.86. The zero-order valence-electron chi connectivity index (χ0n) is 14.5. The fourth-order valence-electron chi connectivity index (χ4n) is 3.06. The average molecular weight is 323 g/mol. The molecule has 0 aliphatic rings. The standard InChI is InChI=1S/C20H25N3O/c1-15-8-7-9-16(2)20(15)24-14-19-22-17-10-3-4-11-18(17)23(19)13-6-5-12-21/h3-4,7-11H,5-6,12-14,21H2,1-2H3. The molecule has 0 fully saturated rings. The van der Waals surface area contributed by atoms with Gasteiger partial charge in [0.1, 0.15) is 18.2 Å². The minimum atomic E-state index is 0.475. The molecule has 4 heteroatoms. The van der Waals surface area contributed by atoms with Crippen molar-refractivity contribution < 1.29 is 4.74 Å². The lowest BCUT2D eigenvalue weighted by atomic mass is 10.1. The smallest absolute Gasteiger partial charge is 0.147 e. The topological polar surface area (TPSA) is 53.1 Å². The Morgan fingerprint density at radius 1 is 1.00 bits per heavy atom. The first kappa shape index (κ1) is 16.5. The van der Waals surface area contributed by atoms with Gasteiger partial charge in [-0.15, -0.1) is 0 Å². The fourth-order valence-corrected chi connectivity index (χ4v) is 3.06. The molecule has 0 bridgehead atoms. The van der Waals surface area contributed by atoms with Crippen molar-refractivity contribution in [1.82, 2.24) is 9.55 Å². The molecular formula is C20H25N3O. The van der Waals surface area contributed by atoms with Gasteiger partial charge in [0.2, 0.25) is 0 Å². The van der Waals surface area contributed by atoms with Crippen molar-refractivity contribution in [1.29, 1.82) is 0 Å². The van der Waals surface area contributed by atoms with Crippen LogP contribution in [0, 0.1) is 13.8 Å². The molecule has 1 aromatic heterocycles. The maximum absolute atomic E-state index is 6.12. The molecule has 0 saturated heterocycles. The zero-order chi connectivity index (χ0) is 16.9. The Morgan fingerprint density at radius 2 is 1.75 bits per heavy atom. The van der Waals surface area contributed by atoms with E-state index in [0.717, 1.165) is 59.7 Å². The molecule has 2 aromatic carbocycles. The molecule has 0 aliphatic carbocycles. The lowest BCUT2D eigenvalue weighted by Gasteiger charge is -2.13. The van der Waals surface area contributed by atoms with Crippen molar-refractivity contribution >= 4 is 11.0 Å². The van der Waals surface area contributed by atoms with Gasteiger partial charge in [-0.1, -0.05) is 30.3 Å². The predicted octanol–water partition coefficient (Wildman–Crippen LogP) is 3.97. The van der Waals surface area contributed by atoms with Crippen molar-refractivity contribution in [2.24, 2.45) is 5.73 Å². The first-order valence-corrected chi connectivity index (χ1v) is 8.54. The third-order valence-electron chi connectivity index (χ3n) is 4.32.